The van der Waals surface area contributed by atoms with Crippen molar-refractivity contribution in [3.63, 3.8) is 0 Å². The molecule has 1 aromatic carbocycles. The van der Waals surface area contributed by atoms with Crippen LogP contribution < -0.4 is 0 Å². The molecule has 14 heavy (non-hydrogen) atoms. The van der Waals surface area contributed by atoms with Gasteiger partial charge in [0.25, 0.3) is 0 Å². The number of carbonyl (C=O) groups is 1. The van der Waals surface area contributed by atoms with Crippen molar-refractivity contribution in [1.82, 2.24) is 0 Å². The van der Waals surface area contributed by atoms with Gasteiger partial charge in [-0.15, -0.1) is 0 Å². The predicted octanol–water partition coefficient (Wildman–Crippen LogP) is 0.953. The van der Waals surface area contributed by atoms with Crippen LogP contribution in [0.25, 0.3) is 0 Å². The first-order valence-electron chi connectivity index (χ1n) is 3.85. The Balaban J connectivity index is 2.81. The van der Waals surface area contributed by atoms with Crippen molar-refractivity contribution in [2.75, 3.05) is 0 Å². The molecule has 0 amide bonds. The second-order valence-corrected chi connectivity index (χ2v) is 2.84. The zero-order chi connectivity index (χ0) is 10.7. The monoisotopic (exact) mass is 202 g/mol. The van der Waals surface area contributed by atoms with E-state index < -0.39 is 23.7 Å². The molecule has 1 aromatic rings. The van der Waals surface area contributed by atoms with E-state index in [0.717, 1.165) is 12.1 Å². The highest BCUT2D eigenvalue weighted by Crippen LogP contribution is 2.10. The Hall–Kier alpha value is -1.49. The van der Waals surface area contributed by atoms with E-state index >= 15 is 0 Å². The summed E-state index contributed by atoms with van der Waals surface area (Å²) in [6, 6.07) is 2.64. The number of carboxylic acid groups (broad SMARTS) is 1. The van der Waals surface area contributed by atoms with Crippen LogP contribution in [0.4, 0.5) is 8.78 Å². The van der Waals surface area contributed by atoms with E-state index in [1.807, 2.05) is 0 Å². The summed E-state index contributed by atoms with van der Waals surface area (Å²) in [4.78, 5) is 10.2. The fourth-order valence-corrected chi connectivity index (χ4v) is 1.04. The second kappa shape index (κ2) is 4.15. The third-order valence-corrected chi connectivity index (χ3v) is 1.64. The SMILES string of the molecule is O=C(O)[C@@H](O)Cc1cc(F)cc(F)c1. The normalized spacial score (nSPS) is 12.5. The van der Waals surface area contributed by atoms with E-state index in [9.17, 15) is 13.6 Å². The summed E-state index contributed by atoms with van der Waals surface area (Å²) in [5.74, 6) is -3.01. The highest BCUT2D eigenvalue weighted by Gasteiger charge is 2.14. The van der Waals surface area contributed by atoms with E-state index in [-0.39, 0.29) is 12.0 Å². The van der Waals surface area contributed by atoms with Gasteiger partial charge in [-0.05, 0) is 17.7 Å². The van der Waals surface area contributed by atoms with Crippen LogP contribution in [-0.4, -0.2) is 22.3 Å². The molecule has 0 spiro atoms. The van der Waals surface area contributed by atoms with Gasteiger partial charge in [-0.25, -0.2) is 13.6 Å². The first kappa shape index (κ1) is 10.6. The Bertz CT molecular complexity index is 332. The lowest BCUT2D eigenvalue weighted by atomic mass is 10.1. The Kier molecular flexibility index (Phi) is 3.14. The molecule has 0 aliphatic heterocycles. The van der Waals surface area contributed by atoms with E-state index in [1.54, 1.807) is 0 Å². The summed E-state index contributed by atoms with van der Waals surface area (Å²) >= 11 is 0. The molecule has 1 rings (SSSR count). The number of benzene rings is 1. The Morgan fingerprint density at radius 2 is 1.79 bits per heavy atom. The molecule has 0 heterocycles. The lowest BCUT2D eigenvalue weighted by Gasteiger charge is -2.05. The third-order valence-electron chi connectivity index (χ3n) is 1.64. The van der Waals surface area contributed by atoms with Crippen molar-refractivity contribution >= 4 is 5.97 Å². The molecule has 0 saturated heterocycles. The third kappa shape index (κ3) is 2.77. The van der Waals surface area contributed by atoms with Gasteiger partial charge in [0.05, 0.1) is 0 Å². The van der Waals surface area contributed by atoms with Gasteiger partial charge in [-0.3, -0.25) is 0 Å². The summed E-state index contributed by atoms with van der Waals surface area (Å²) < 4.78 is 25.2. The molecule has 0 aliphatic rings. The minimum Gasteiger partial charge on any atom is -0.479 e. The standard InChI is InChI=1S/C9H8F2O3/c10-6-1-5(2-7(11)4-6)3-8(12)9(13)14/h1-2,4,8,12H,3H2,(H,13,14)/t8-/m0/s1. The lowest BCUT2D eigenvalue weighted by Crippen LogP contribution is -2.22. The molecule has 3 nitrogen and oxygen atoms in total. The van der Waals surface area contributed by atoms with Gasteiger partial charge in [0, 0.05) is 12.5 Å². The van der Waals surface area contributed by atoms with Crippen molar-refractivity contribution in [2.24, 2.45) is 0 Å². The fourth-order valence-electron chi connectivity index (χ4n) is 1.04. The van der Waals surface area contributed by atoms with Crippen molar-refractivity contribution < 1.29 is 23.8 Å². The number of halogens is 2. The second-order valence-electron chi connectivity index (χ2n) is 2.84. The first-order valence-corrected chi connectivity index (χ1v) is 3.85. The molecular weight excluding hydrogens is 194 g/mol. The maximum absolute atomic E-state index is 12.6. The van der Waals surface area contributed by atoms with Gasteiger partial charge in [0.1, 0.15) is 11.6 Å². The predicted molar refractivity (Wildman–Crippen MR) is 43.7 cm³/mol. The zero-order valence-electron chi connectivity index (χ0n) is 7.08. The molecular formula is C9H8F2O3. The minimum absolute atomic E-state index is 0.109. The summed E-state index contributed by atoms with van der Waals surface area (Å²) in [6.07, 6.45) is -1.96. The van der Waals surface area contributed by atoms with Gasteiger partial charge in [-0.1, -0.05) is 0 Å². The van der Waals surface area contributed by atoms with Crippen LogP contribution in [0.2, 0.25) is 0 Å². The molecule has 0 fully saturated rings. The topological polar surface area (TPSA) is 57.5 Å². The summed E-state index contributed by atoms with van der Waals surface area (Å²) in [6.45, 7) is 0. The smallest absolute Gasteiger partial charge is 0.332 e. The van der Waals surface area contributed by atoms with Crippen molar-refractivity contribution in [3.05, 3.63) is 35.4 Å². The van der Waals surface area contributed by atoms with Crippen LogP contribution in [0, 0.1) is 11.6 Å². The van der Waals surface area contributed by atoms with Crippen LogP contribution in [-0.2, 0) is 11.2 Å². The van der Waals surface area contributed by atoms with Gasteiger partial charge in [0.15, 0.2) is 6.10 Å². The summed E-state index contributed by atoms with van der Waals surface area (Å²) in [5, 5.41) is 17.3. The Morgan fingerprint density at radius 3 is 2.21 bits per heavy atom. The molecule has 2 N–H and O–H groups in total. The zero-order valence-corrected chi connectivity index (χ0v) is 7.08. The van der Waals surface area contributed by atoms with E-state index in [1.165, 1.54) is 0 Å². The van der Waals surface area contributed by atoms with Gasteiger partial charge in [0.2, 0.25) is 0 Å². The van der Waals surface area contributed by atoms with E-state index in [4.69, 9.17) is 10.2 Å². The average Bonchev–Trinajstić information content (AvgIpc) is 2.01. The van der Waals surface area contributed by atoms with Crippen molar-refractivity contribution in [1.29, 1.82) is 0 Å². The number of hydrogen-bond donors (Lipinski definition) is 2. The van der Waals surface area contributed by atoms with E-state index in [0.29, 0.717) is 6.07 Å². The number of carboxylic acids is 1. The molecule has 1 atom stereocenters. The first-order chi connectivity index (χ1) is 6.49. The van der Waals surface area contributed by atoms with Crippen LogP contribution in [0.5, 0.6) is 0 Å². The Morgan fingerprint density at radius 1 is 1.29 bits per heavy atom. The van der Waals surface area contributed by atoms with Gasteiger partial charge in [-0.2, -0.15) is 0 Å². The lowest BCUT2D eigenvalue weighted by molar-refractivity contribution is -0.146. The average molecular weight is 202 g/mol. The molecule has 0 saturated carbocycles. The maximum atomic E-state index is 12.6. The van der Waals surface area contributed by atoms with E-state index in [2.05, 4.69) is 0 Å². The van der Waals surface area contributed by atoms with Crippen LogP contribution >= 0.6 is 0 Å². The molecule has 0 bridgehead atoms. The summed E-state index contributed by atoms with van der Waals surface area (Å²) in [5.41, 5.74) is 0.109. The molecule has 0 radical (unpaired) electrons. The highest BCUT2D eigenvalue weighted by molar-refractivity contribution is 5.72. The molecule has 5 heteroatoms. The summed E-state index contributed by atoms with van der Waals surface area (Å²) in [7, 11) is 0. The van der Waals surface area contributed by atoms with Crippen LogP contribution in [0.1, 0.15) is 5.56 Å². The number of aliphatic hydroxyl groups is 1. The van der Waals surface area contributed by atoms with Gasteiger partial charge < -0.3 is 10.2 Å². The Labute approximate surface area is 78.6 Å². The molecule has 0 unspecified atom stereocenters. The quantitative estimate of drug-likeness (QED) is 0.767. The molecule has 0 aromatic heterocycles. The molecule has 0 aliphatic carbocycles. The fraction of sp³-hybridized carbons (Fsp3) is 0.222. The number of aliphatic carboxylic acids is 1. The number of hydrogen-bond acceptors (Lipinski definition) is 2. The number of rotatable bonds is 3. The van der Waals surface area contributed by atoms with Crippen molar-refractivity contribution in [2.45, 2.75) is 12.5 Å². The van der Waals surface area contributed by atoms with Crippen LogP contribution in [0.15, 0.2) is 18.2 Å². The number of aliphatic hydroxyl groups excluding tert-OH is 1. The van der Waals surface area contributed by atoms with Gasteiger partial charge >= 0.3 is 5.97 Å². The van der Waals surface area contributed by atoms with Crippen molar-refractivity contribution in [3.8, 4) is 0 Å². The van der Waals surface area contributed by atoms with Crippen LogP contribution in [0.3, 0.4) is 0 Å². The highest BCUT2D eigenvalue weighted by atomic mass is 19.1. The minimum atomic E-state index is -1.64. The largest absolute Gasteiger partial charge is 0.479 e. The maximum Gasteiger partial charge on any atom is 0.332 e. The molecule has 76 valence electrons.